The molecule has 138 valence electrons. The molecule has 26 heavy (non-hydrogen) atoms. The number of hydrogen-bond acceptors (Lipinski definition) is 3. The van der Waals surface area contributed by atoms with Crippen molar-refractivity contribution in [2.24, 2.45) is 0 Å². The number of nitrogens with zero attached hydrogens (tertiary/aromatic N) is 1. The third-order valence-corrected chi connectivity index (χ3v) is 5.11. The van der Waals surface area contributed by atoms with Crippen molar-refractivity contribution in [3.05, 3.63) is 47.1 Å². The summed E-state index contributed by atoms with van der Waals surface area (Å²) in [4.78, 5) is 25.1. The van der Waals surface area contributed by atoms with Crippen LogP contribution in [0, 0.1) is 6.92 Å². The van der Waals surface area contributed by atoms with Gasteiger partial charge < -0.3 is 14.7 Å². The van der Waals surface area contributed by atoms with E-state index in [1.807, 2.05) is 30.9 Å². The van der Waals surface area contributed by atoms with Gasteiger partial charge in [0.15, 0.2) is 0 Å². The first kappa shape index (κ1) is 18.2. The van der Waals surface area contributed by atoms with Crippen molar-refractivity contribution in [2.75, 3.05) is 11.4 Å². The highest BCUT2D eigenvalue weighted by molar-refractivity contribution is 5.98. The van der Waals surface area contributed by atoms with Gasteiger partial charge in [0.1, 0.15) is 11.9 Å². The maximum atomic E-state index is 12.5. The Labute approximate surface area is 154 Å². The maximum Gasteiger partial charge on any atom is 0.328 e. The minimum Gasteiger partial charge on any atom is -0.486 e. The number of aliphatic carboxylic acids is 1. The molecule has 2 heterocycles. The van der Waals surface area contributed by atoms with Gasteiger partial charge in [-0.2, -0.15) is 0 Å². The van der Waals surface area contributed by atoms with E-state index >= 15 is 0 Å². The molecule has 0 aliphatic carbocycles. The molecule has 1 atom stereocenters. The van der Waals surface area contributed by atoms with Crippen molar-refractivity contribution in [1.29, 1.82) is 0 Å². The fourth-order valence-corrected chi connectivity index (χ4v) is 3.74. The smallest absolute Gasteiger partial charge is 0.328 e. The molecule has 3 rings (SSSR count). The lowest BCUT2D eigenvalue weighted by atomic mass is 9.76. The van der Waals surface area contributed by atoms with Gasteiger partial charge in [-0.15, -0.1) is 0 Å². The molecule has 2 aliphatic rings. The molecule has 0 bridgehead atoms. The maximum absolute atomic E-state index is 12.5. The fraction of sp³-hybridized carbons (Fsp3) is 0.429. The Hall–Kier alpha value is -2.56. The minimum absolute atomic E-state index is 0.142. The quantitative estimate of drug-likeness (QED) is 0.834. The van der Waals surface area contributed by atoms with E-state index in [2.05, 4.69) is 19.9 Å². The molecule has 2 aliphatic heterocycles. The number of rotatable bonds is 4. The van der Waals surface area contributed by atoms with Crippen LogP contribution < -0.4 is 4.90 Å². The monoisotopic (exact) mass is 355 g/mol. The largest absolute Gasteiger partial charge is 0.486 e. The van der Waals surface area contributed by atoms with E-state index in [9.17, 15) is 9.59 Å². The lowest BCUT2D eigenvalue weighted by molar-refractivity contribution is -0.131. The number of carbonyl (C=O) groups is 2. The molecule has 0 fully saturated rings. The summed E-state index contributed by atoms with van der Waals surface area (Å²) in [7, 11) is 0. The van der Waals surface area contributed by atoms with Crippen LogP contribution in [0.4, 0.5) is 5.69 Å². The Bertz CT molecular complexity index is 820. The van der Waals surface area contributed by atoms with Crippen LogP contribution in [0.5, 0.6) is 0 Å². The average molecular weight is 355 g/mol. The van der Waals surface area contributed by atoms with Gasteiger partial charge in [-0.3, -0.25) is 4.79 Å². The van der Waals surface area contributed by atoms with Crippen LogP contribution in [0.15, 0.2) is 30.4 Å². The molecule has 1 unspecified atom stereocenters. The Morgan fingerprint density at radius 2 is 2.15 bits per heavy atom. The molecule has 0 saturated heterocycles. The number of carbonyl (C=O) groups excluding carboxylic acids is 1. The highest BCUT2D eigenvalue weighted by Gasteiger charge is 2.37. The second-order valence-electron chi connectivity index (χ2n) is 7.54. The molecule has 1 amide bonds. The highest BCUT2D eigenvalue weighted by atomic mass is 16.5. The van der Waals surface area contributed by atoms with E-state index in [-0.39, 0.29) is 17.4 Å². The number of hydrogen-bond donors (Lipinski definition) is 1. The van der Waals surface area contributed by atoms with Gasteiger partial charge >= 0.3 is 5.97 Å². The molecule has 0 aromatic heterocycles. The second-order valence-corrected chi connectivity index (χ2v) is 7.54. The molecule has 1 aromatic rings. The van der Waals surface area contributed by atoms with Crippen LogP contribution in [-0.2, 0) is 19.7 Å². The van der Waals surface area contributed by atoms with Crippen molar-refractivity contribution in [2.45, 2.75) is 52.1 Å². The van der Waals surface area contributed by atoms with Crippen LogP contribution in [0.1, 0.15) is 50.3 Å². The number of aryl methyl sites for hydroxylation is 1. The number of fused-ring (bicyclic) bond motifs is 1. The molecular formula is C21H25NO4. The molecule has 5 heteroatoms. The highest BCUT2D eigenvalue weighted by Crippen LogP contribution is 2.43. The lowest BCUT2D eigenvalue weighted by Crippen LogP contribution is -2.42. The fourth-order valence-electron chi connectivity index (χ4n) is 3.74. The van der Waals surface area contributed by atoms with Gasteiger partial charge in [0.05, 0.1) is 0 Å². The van der Waals surface area contributed by atoms with Crippen molar-refractivity contribution < 1.29 is 19.4 Å². The Kier molecular flexibility index (Phi) is 4.65. The predicted molar refractivity (Wildman–Crippen MR) is 101 cm³/mol. The van der Waals surface area contributed by atoms with E-state index in [1.54, 1.807) is 6.08 Å². The van der Waals surface area contributed by atoms with E-state index in [1.165, 1.54) is 5.56 Å². The SMILES string of the molecule is CCN1C(=O)CC(C)(C)c2cc(C)c(C3=CCC(/C=C/C(=O)O)O3)cc21. The molecule has 0 saturated carbocycles. The van der Waals surface area contributed by atoms with Crippen molar-refractivity contribution >= 4 is 23.3 Å². The Morgan fingerprint density at radius 3 is 2.81 bits per heavy atom. The van der Waals surface area contributed by atoms with Gasteiger partial charge in [0.2, 0.25) is 5.91 Å². The molecule has 0 spiro atoms. The summed E-state index contributed by atoms with van der Waals surface area (Å²) in [5.74, 6) is -0.0908. The van der Waals surface area contributed by atoms with Crippen molar-refractivity contribution in [3.8, 4) is 0 Å². The first-order valence-electron chi connectivity index (χ1n) is 8.96. The zero-order chi connectivity index (χ0) is 19.1. The van der Waals surface area contributed by atoms with Crippen LogP contribution >= 0.6 is 0 Å². The number of carboxylic acid groups (broad SMARTS) is 1. The zero-order valence-corrected chi connectivity index (χ0v) is 15.7. The molecule has 1 aromatic carbocycles. The lowest BCUT2D eigenvalue weighted by Gasteiger charge is -2.39. The van der Waals surface area contributed by atoms with Gasteiger partial charge in [0, 0.05) is 42.1 Å². The summed E-state index contributed by atoms with van der Waals surface area (Å²) in [5.41, 5.74) is 3.98. The summed E-state index contributed by atoms with van der Waals surface area (Å²) >= 11 is 0. The van der Waals surface area contributed by atoms with Crippen LogP contribution in [0.3, 0.4) is 0 Å². The molecule has 0 radical (unpaired) electrons. The van der Waals surface area contributed by atoms with E-state index < -0.39 is 5.97 Å². The van der Waals surface area contributed by atoms with E-state index in [0.717, 1.165) is 28.6 Å². The summed E-state index contributed by atoms with van der Waals surface area (Å²) in [5, 5.41) is 8.77. The first-order valence-corrected chi connectivity index (χ1v) is 8.96. The number of ether oxygens (including phenoxy) is 1. The third kappa shape index (κ3) is 3.26. The van der Waals surface area contributed by atoms with Gasteiger partial charge in [0.25, 0.3) is 0 Å². The normalized spacial score (nSPS) is 21.5. The number of carboxylic acids is 1. The van der Waals surface area contributed by atoms with Gasteiger partial charge in [-0.05, 0) is 43.2 Å². The van der Waals surface area contributed by atoms with Crippen LogP contribution in [0.25, 0.3) is 5.76 Å². The van der Waals surface area contributed by atoms with E-state index in [0.29, 0.717) is 19.4 Å². The summed E-state index contributed by atoms with van der Waals surface area (Å²) in [6.07, 6.45) is 5.53. The molecular weight excluding hydrogens is 330 g/mol. The van der Waals surface area contributed by atoms with Crippen LogP contribution in [-0.4, -0.2) is 29.6 Å². The summed E-state index contributed by atoms with van der Waals surface area (Å²) in [6, 6.07) is 4.20. The van der Waals surface area contributed by atoms with Crippen molar-refractivity contribution in [3.63, 3.8) is 0 Å². The number of anilines is 1. The Balaban J connectivity index is 1.97. The standard InChI is InChI=1S/C21H25NO4/c1-5-22-17-11-15(18-8-6-14(26-18)7-9-20(24)25)13(2)10-16(17)21(3,4)12-19(22)23/h7-11,14H,5-6,12H2,1-4H3,(H,24,25)/b9-7+. The average Bonchev–Trinajstić information content (AvgIpc) is 3.01. The van der Waals surface area contributed by atoms with Gasteiger partial charge in [-0.25, -0.2) is 4.79 Å². The molecule has 1 N–H and O–H groups in total. The van der Waals surface area contributed by atoms with Crippen molar-refractivity contribution in [1.82, 2.24) is 0 Å². The Morgan fingerprint density at radius 1 is 1.42 bits per heavy atom. The first-order chi connectivity index (χ1) is 12.2. The van der Waals surface area contributed by atoms with Crippen LogP contribution in [0.2, 0.25) is 0 Å². The second kappa shape index (κ2) is 6.63. The molecule has 5 nitrogen and oxygen atoms in total. The summed E-state index contributed by atoms with van der Waals surface area (Å²) in [6.45, 7) is 8.87. The third-order valence-electron chi connectivity index (χ3n) is 5.11. The van der Waals surface area contributed by atoms with E-state index in [4.69, 9.17) is 9.84 Å². The van der Waals surface area contributed by atoms with Gasteiger partial charge in [-0.1, -0.05) is 19.9 Å². The predicted octanol–water partition coefficient (Wildman–Crippen LogP) is 3.80. The topological polar surface area (TPSA) is 66.8 Å². The number of benzene rings is 1. The minimum atomic E-state index is -0.980. The number of amides is 1. The zero-order valence-electron chi connectivity index (χ0n) is 15.7. The summed E-state index contributed by atoms with van der Waals surface area (Å²) < 4.78 is 5.92.